The molecule has 11 nitrogen and oxygen atoms in total. The maximum absolute atomic E-state index is 14.9. The fourth-order valence-electron chi connectivity index (χ4n) is 3.25. The van der Waals surface area contributed by atoms with Crippen LogP contribution >= 0.6 is 0 Å². The summed E-state index contributed by atoms with van der Waals surface area (Å²) in [5.74, 6) is -0.0316. The Balaban J connectivity index is 1.58. The van der Waals surface area contributed by atoms with Gasteiger partial charge in [-0.3, -0.25) is 0 Å². The zero-order valence-corrected chi connectivity index (χ0v) is 18.0. The van der Waals surface area contributed by atoms with Crippen molar-refractivity contribution in [3.05, 3.63) is 47.8 Å². The van der Waals surface area contributed by atoms with Crippen molar-refractivity contribution in [2.24, 2.45) is 5.14 Å². The molecule has 0 saturated carbocycles. The van der Waals surface area contributed by atoms with Gasteiger partial charge in [0.05, 0.1) is 6.20 Å². The molecule has 0 aliphatic heterocycles. The monoisotopic (exact) mass is 464 g/mol. The molecule has 0 aliphatic rings. The minimum absolute atomic E-state index is 0.00431. The Morgan fingerprint density at radius 1 is 1.34 bits per heavy atom. The van der Waals surface area contributed by atoms with Crippen LogP contribution in [0, 0.1) is 19.7 Å². The van der Waals surface area contributed by atoms with Crippen LogP contribution < -0.4 is 19.3 Å². The van der Waals surface area contributed by atoms with Gasteiger partial charge in [0, 0.05) is 28.7 Å². The van der Waals surface area contributed by atoms with Crippen LogP contribution in [0.3, 0.4) is 0 Å². The van der Waals surface area contributed by atoms with Crippen molar-refractivity contribution in [3.63, 3.8) is 0 Å². The van der Waals surface area contributed by atoms with Gasteiger partial charge in [0.15, 0.2) is 11.6 Å². The smallest absolute Gasteiger partial charge is 0.274 e. The predicted molar refractivity (Wildman–Crippen MR) is 113 cm³/mol. The summed E-state index contributed by atoms with van der Waals surface area (Å²) < 4.78 is 51.6. The van der Waals surface area contributed by atoms with E-state index in [0.29, 0.717) is 27.7 Å². The summed E-state index contributed by atoms with van der Waals surface area (Å²) in [6, 6.07) is 4.92. The third-order valence-corrected chi connectivity index (χ3v) is 5.31. The van der Waals surface area contributed by atoms with Crippen LogP contribution in [0.5, 0.6) is 17.4 Å². The highest BCUT2D eigenvalue weighted by Crippen LogP contribution is 2.34. The molecule has 0 bridgehead atoms. The molecular formula is C19H21FN6O5S. The van der Waals surface area contributed by atoms with Gasteiger partial charge in [0.1, 0.15) is 30.3 Å². The van der Waals surface area contributed by atoms with Gasteiger partial charge >= 0.3 is 0 Å². The number of halogens is 1. The van der Waals surface area contributed by atoms with E-state index in [1.807, 2.05) is 11.6 Å². The normalized spacial score (nSPS) is 13.0. The minimum Gasteiger partial charge on any atom is -0.489 e. The first-order valence-electron chi connectivity index (χ1n) is 9.49. The topological polar surface area (TPSA) is 157 Å². The molecule has 4 aromatic rings. The molecule has 1 aromatic carbocycles. The predicted octanol–water partition coefficient (Wildman–Crippen LogP) is 1.29. The zero-order chi connectivity index (χ0) is 23.0. The number of rotatable bonds is 8. The van der Waals surface area contributed by atoms with Crippen molar-refractivity contribution in [2.75, 3.05) is 13.2 Å². The Bertz CT molecular complexity index is 1400. The largest absolute Gasteiger partial charge is 0.489 e. The van der Waals surface area contributed by atoms with Gasteiger partial charge in [-0.15, -0.1) is 0 Å². The van der Waals surface area contributed by atoms with E-state index in [2.05, 4.69) is 15.1 Å². The Kier molecular flexibility index (Phi) is 5.73. The molecule has 1 unspecified atom stereocenters. The molecule has 0 aliphatic carbocycles. The second kappa shape index (κ2) is 8.35. The fourth-order valence-corrected chi connectivity index (χ4v) is 3.68. The lowest BCUT2D eigenvalue weighted by Crippen LogP contribution is -2.38. The summed E-state index contributed by atoms with van der Waals surface area (Å²) in [6.45, 7) is 3.05. The Morgan fingerprint density at radius 3 is 2.88 bits per heavy atom. The first kappa shape index (κ1) is 22.0. The molecule has 13 heteroatoms. The maximum atomic E-state index is 14.9. The molecule has 0 amide bonds. The highest BCUT2D eigenvalue weighted by Gasteiger charge is 2.19. The lowest BCUT2D eigenvalue weighted by molar-refractivity contribution is 0.111. The van der Waals surface area contributed by atoms with Crippen molar-refractivity contribution in [3.8, 4) is 17.4 Å². The molecule has 0 radical (unpaired) electrons. The summed E-state index contributed by atoms with van der Waals surface area (Å²) in [5, 5.41) is 19.3. The first-order chi connectivity index (χ1) is 15.1. The Hall–Kier alpha value is -3.26. The van der Waals surface area contributed by atoms with Gasteiger partial charge in [0.25, 0.3) is 10.2 Å². The number of nitrogens with two attached hydrogens (primary N) is 1. The van der Waals surface area contributed by atoms with Crippen LogP contribution in [0.25, 0.3) is 16.4 Å². The van der Waals surface area contributed by atoms with Gasteiger partial charge in [-0.25, -0.2) is 14.0 Å². The zero-order valence-electron chi connectivity index (χ0n) is 17.2. The molecule has 0 fully saturated rings. The summed E-state index contributed by atoms with van der Waals surface area (Å²) in [4.78, 5) is 7.20. The number of benzene rings is 1. The van der Waals surface area contributed by atoms with Crippen LogP contribution in [-0.2, 0) is 10.2 Å². The van der Waals surface area contributed by atoms with E-state index >= 15 is 0 Å². The Labute approximate surface area is 182 Å². The number of hydrogen-bond donors (Lipinski definition) is 4. The van der Waals surface area contributed by atoms with Gasteiger partial charge in [-0.1, -0.05) is 0 Å². The third-order valence-electron chi connectivity index (χ3n) is 4.74. The van der Waals surface area contributed by atoms with E-state index in [4.69, 9.17) is 14.6 Å². The number of aliphatic hydroxyl groups is 1. The number of H-pyrrole nitrogens is 1. The molecule has 1 atom stereocenters. The van der Waals surface area contributed by atoms with E-state index in [1.165, 1.54) is 16.9 Å². The fraction of sp³-hybridized carbons (Fsp3) is 0.263. The summed E-state index contributed by atoms with van der Waals surface area (Å²) in [6.07, 6.45) is 1.67. The van der Waals surface area contributed by atoms with Crippen LogP contribution in [0.4, 0.5) is 4.39 Å². The van der Waals surface area contributed by atoms with E-state index < -0.39 is 22.1 Å². The molecule has 32 heavy (non-hydrogen) atoms. The number of aromatic amines is 1. The number of ether oxygens (including phenoxy) is 2. The van der Waals surface area contributed by atoms with Crippen molar-refractivity contribution in [2.45, 2.75) is 20.0 Å². The second-order valence-corrected chi connectivity index (χ2v) is 8.61. The van der Waals surface area contributed by atoms with Crippen LogP contribution in [0.2, 0.25) is 0 Å². The summed E-state index contributed by atoms with van der Waals surface area (Å²) in [7, 11) is -3.92. The van der Waals surface area contributed by atoms with Crippen LogP contribution in [-0.4, -0.2) is 52.4 Å². The number of nitrogens with one attached hydrogen (secondary N) is 2. The average Bonchev–Trinajstić information content (AvgIpc) is 3.27. The van der Waals surface area contributed by atoms with Gasteiger partial charge in [-0.2, -0.15) is 23.2 Å². The summed E-state index contributed by atoms with van der Waals surface area (Å²) in [5.41, 5.74) is 2.52. The van der Waals surface area contributed by atoms with Crippen LogP contribution in [0.15, 0.2) is 30.7 Å². The second-order valence-electron chi connectivity index (χ2n) is 7.23. The third kappa shape index (κ3) is 4.50. The number of fused-ring (bicyclic) bond motifs is 2. The molecule has 0 saturated heterocycles. The SMILES string of the molecule is Cc1cc2c(F)c(Oc3ncnn4cc(OCC(O)CNS(N)(=O)=O)c(C)c34)ccc2[nH]1. The lowest BCUT2D eigenvalue weighted by Gasteiger charge is -2.12. The number of aryl methyl sites for hydroxylation is 2. The van der Waals surface area contributed by atoms with Gasteiger partial charge in [-0.05, 0) is 32.0 Å². The van der Waals surface area contributed by atoms with E-state index in [9.17, 15) is 17.9 Å². The average molecular weight is 464 g/mol. The Morgan fingerprint density at radius 2 is 2.12 bits per heavy atom. The summed E-state index contributed by atoms with van der Waals surface area (Å²) >= 11 is 0. The van der Waals surface area contributed by atoms with Crippen molar-refractivity contribution in [1.82, 2.24) is 24.3 Å². The number of hydrogen-bond acceptors (Lipinski definition) is 7. The van der Waals surface area contributed by atoms with Crippen molar-refractivity contribution in [1.29, 1.82) is 0 Å². The van der Waals surface area contributed by atoms with E-state index in [1.54, 1.807) is 25.3 Å². The quantitative estimate of drug-likeness (QED) is 0.306. The molecule has 0 spiro atoms. The lowest BCUT2D eigenvalue weighted by atomic mass is 10.2. The first-order valence-corrected chi connectivity index (χ1v) is 11.0. The highest BCUT2D eigenvalue weighted by atomic mass is 32.2. The number of aliphatic hydroxyl groups excluding tert-OH is 1. The maximum Gasteiger partial charge on any atom is 0.274 e. The molecule has 5 N–H and O–H groups in total. The van der Waals surface area contributed by atoms with Crippen molar-refractivity contribution < 1.29 is 27.4 Å². The molecule has 3 aromatic heterocycles. The van der Waals surface area contributed by atoms with Crippen molar-refractivity contribution >= 4 is 26.6 Å². The van der Waals surface area contributed by atoms with Crippen LogP contribution in [0.1, 0.15) is 11.3 Å². The number of nitrogens with zero attached hydrogens (tertiary/aromatic N) is 3. The molecular weight excluding hydrogens is 443 g/mol. The van der Waals surface area contributed by atoms with E-state index in [-0.39, 0.29) is 24.8 Å². The van der Waals surface area contributed by atoms with E-state index in [0.717, 1.165) is 5.69 Å². The molecule has 3 heterocycles. The molecule has 4 rings (SSSR count). The van der Waals surface area contributed by atoms with Gasteiger partial charge in [0.2, 0.25) is 5.88 Å². The molecule has 170 valence electrons. The highest BCUT2D eigenvalue weighted by molar-refractivity contribution is 7.87. The standard InChI is InChI=1S/C19H21FN6O5S/c1-10-5-13-14(25-10)3-4-15(17(13)20)31-19-18-11(2)16(7-26(18)23-9-22-19)30-8-12(27)6-24-32(21,28)29/h3-5,7,9,12,24-25,27H,6,8H2,1-2H3,(H2,21,28,29). The minimum atomic E-state index is -3.92. The number of aromatic nitrogens is 4. The van der Waals surface area contributed by atoms with Gasteiger partial charge < -0.3 is 19.6 Å².